The predicted octanol–water partition coefficient (Wildman–Crippen LogP) is 2.53. The zero-order valence-electron chi connectivity index (χ0n) is 11.5. The molecule has 0 aromatic heterocycles. The van der Waals surface area contributed by atoms with Gasteiger partial charge in [-0.2, -0.15) is 0 Å². The molecule has 0 saturated carbocycles. The Bertz CT molecular complexity index is 481. The van der Waals surface area contributed by atoms with Crippen molar-refractivity contribution in [1.82, 2.24) is 0 Å². The Kier molecular flexibility index (Phi) is 6.06. The van der Waals surface area contributed by atoms with E-state index in [1.165, 1.54) is 44.2 Å². The van der Waals surface area contributed by atoms with Crippen molar-refractivity contribution in [3.8, 4) is 0 Å². The van der Waals surface area contributed by atoms with Crippen LogP contribution in [0.5, 0.6) is 0 Å². The molecule has 1 rings (SSSR count). The predicted molar refractivity (Wildman–Crippen MR) is 71.9 cm³/mol. The summed E-state index contributed by atoms with van der Waals surface area (Å²) in [6, 6.07) is 5.05. The van der Waals surface area contributed by atoms with Gasteiger partial charge in [0, 0.05) is 5.56 Å². The van der Waals surface area contributed by atoms with Crippen LogP contribution in [0.15, 0.2) is 36.9 Å². The fourth-order valence-corrected chi connectivity index (χ4v) is 1.45. The molecule has 20 heavy (non-hydrogen) atoms. The third-order valence-electron chi connectivity index (χ3n) is 2.59. The maximum atomic E-state index is 12.8. The number of hydrogen-bond donors (Lipinski definition) is 0. The van der Waals surface area contributed by atoms with Crippen molar-refractivity contribution in [2.45, 2.75) is 26.1 Å². The first-order valence-corrected chi connectivity index (χ1v) is 6.18. The quantitative estimate of drug-likeness (QED) is 0.437. The minimum Gasteiger partial charge on any atom is -0.452 e. The monoisotopic (exact) mass is 280 g/mol. The zero-order chi connectivity index (χ0) is 15.1. The van der Waals surface area contributed by atoms with Gasteiger partial charge in [0.2, 0.25) is 5.78 Å². The van der Waals surface area contributed by atoms with Crippen LogP contribution in [0.4, 0.5) is 4.39 Å². The summed E-state index contributed by atoms with van der Waals surface area (Å²) >= 11 is 0. The van der Waals surface area contributed by atoms with Crippen LogP contribution in [0.25, 0.3) is 0 Å². The van der Waals surface area contributed by atoms with E-state index in [1.807, 2.05) is 0 Å². The van der Waals surface area contributed by atoms with Gasteiger partial charge in [-0.15, -0.1) is 6.58 Å². The summed E-state index contributed by atoms with van der Waals surface area (Å²) in [6.07, 6.45) is -0.226. The summed E-state index contributed by atoms with van der Waals surface area (Å²) in [6.45, 7) is 6.68. The summed E-state index contributed by atoms with van der Waals surface area (Å²) < 4.78 is 22.9. The maximum Gasteiger partial charge on any atom is 0.335 e. The number of hydrogen-bond acceptors (Lipinski definition) is 4. The highest BCUT2D eigenvalue weighted by Crippen LogP contribution is 2.09. The van der Waals surface area contributed by atoms with Crippen LogP contribution < -0.4 is 0 Å². The lowest BCUT2D eigenvalue weighted by Gasteiger charge is -2.16. The van der Waals surface area contributed by atoms with Crippen molar-refractivity contribution in [3.05, 3.63) is 48.3 Å². The molecular weight excluding hydrogens is 263 g/mol. The second-order valence-electron chi connectivity index (χ2n) is 4.21. The third-order valence-corrected chi connectivity index (χ3v) is 2.59. The van der Waals surface area contributed by atoms with Crippen LogP contribution in [-0.4, -0.2) is 30.6 Å². The molecule has 0 aliphatic heterocycles. The highest BCUT2D eigenvalue weighted by Gasteiger charge is 2.23. The molecule has 0 saturated heterocycles. The van der Waals surface area contributed by atoms with Gasteiger partial charge in [-0.1, -0.05) is 6.08 Å². The van der Waals surface area contributed by atoms with Crippen molar-refractivity contribution < 1.29 is 23.5 Å². The molecule has 5 heteroatoms. The number of carbonyl (C=O) groups is 2. The van der Waals surface area contributed by atoms with Gasteiger partial charge in [-0.3, -0.25) is 4.79 Å². The van der Waals surface area contributed by atoms with Crippen LogP contribution in [0.1, 0.15) is 24.2 Å². The second kappa shape index (κ2) is 7.55. The molecule has 0 N–H and O–H groups in total. The molecule has 108 valence electrons. The lowest BCUT2D eigenvalue weighted by atomic mass is 10.1. The van der Waals surface area contributed by atoms with E-state index in [4.69, 9.17) is 9.47 Å². The van der Waals surface area contributed by atoms with E-state index in [0.717, 1.165) is 0 Å². The SMILES string of the molecule is C=CCOC(C)C(=O)OC(C)C(=O)c1ccc(F)cc1. The molecule has 4 nitrogen and oxygen atoms in total. The zero-order valence-corrected chi connectivity index (χ0v) is 11.5. The largest absolute Gasteiger partial charge is 0.452 e. The maximum absolute atomic E-state index is 12.8. The molecule has 2 unspecified atom stereocenters. The van der Waals surface area contributed by atoms with Gasteiger partial charge in [0.15, 0.2) is 12.2 Å². The highest BCUT2D eigenvalue weighted by molar-refractivity contribution is 6.00. The molecular formula is C15H17FO4. The van der Waals surface area contributed by atoms with E-state index in [9.17, 15) is 14.0 Å². The first-order chi connectivity index (χ1) is 9.45. The van der Waals surface area contributed by atoms with Crippen molar-refractivity contribution in [1.29, 1.82) is 0 Å². The first-order valence-electron chi connectivity index (χ1n) is 6.18. The number of halogens is 1. The Morgan fingerprint density at radius 1 is 1.25 bits per heavy atom. The number of carbonyl (C=O) groups excluding carboxylic acids is 2. The van der Waals surface area contributed by atoms with Crippen LogP contribution in [0, 0.1) is 5.82 Å². The molecule has 0 radical (unpaired) electrons. The van der Waals surface area contributed by atoms with Crippen LogP contribution in [0.3, 0.4) is 0 Å². The van der Waals surface area contributed by atoms with Crippen LogP contribution in [-0.2, 0) is 14.3 Å². The average Bonchev–Trinajstić information content (AvgIpc) is 2.44. The van der Waals surface area contributed by atoms with E-state index < -0.39 is 29.8 Å². The van der Waals surface area contributed by atoms with Gasteiger partial charge in [0.25, 0.3) is 0 Å². The Labute approximate surface area is 117 Å². The van der Waals surface area contributed by atoms with Crippen molar-refractivity contribution in [2.24, 2.45) is 0 Å². The lowest BCUT2D eigenvalue weighted by Crippen LogP contribution is -2.31. The molecule has 0 amide bonds. The third kappa shape index (κ3) is 4.59. The Hall–Kier alpha value is -2.01. The van der Waals surface area contributed by atoms with Crippen LogP contribution in [0.2, 0.25) is 0 Å². The van der Waals surface area contributed by atoms with E-state index in [0.29, 0.717) is 0 Å². The molecule has 0 aliphatic rings. The van der Waals surface area contributed by atoms with Gasteiger partial charge in [0.05, 0.1) is 6.61 Å². The number of Topliss-reactive ketones (excluding diaryl/α,β-unsaturated/α-hetero) is 1. The smallest absolute Gasteiger partial charge is 0.335 e. The highest BCUT2D eigenvalue weighted by atomic mass is 19.1. The standard InChI is InChI=1S/C15H17FO4/c1-4-9-19-11(3)15(18)20-10(2)14(17)12-5-7-13(16)8-6-12/h4-8,10-11H,1,9H2,2-3H3. The number of benzene rings is 1. The minimum absolute atomic E-state index is 0.219. The minimum atomic E-state index is -0.956. The van der Waals surface area contributed by atoms with E-state index >= 15 is 0 Å². The van der Waals surface area contributed by atoms with Crippen molar-refractivity contribution in [3.63, 3.8) is 0 Å². The van der Waals surface area contributed by atoms with Crippen LogP contribution >= 0.6 is 0 Å². The van der Waals surface area contributed by atoms with E-state index in [1.54, 1.807) is 0 Å². The number of ketones is 1. The number of rotatable bonds is 7. The fraction of sp³-hybridized carbons (Fsp3) is 0.333. The molecule has 0 heterocycles. The van der Waals surface area contributed by atoms with Gasteiger partial charge in [0.1, 0.15) is 5.82 Å². The topological polar surface area (TPSA) is 52.6 Å². The Morgan fingerprint density at radius 3 is 2.40 bits per heavy atom. The number of ether oxygens (including phenoxy) is 2. The van der Waals surface area contributed by atoms with Crippen molar-refractivity contribution in [2.75, 3.05) is 6.61 Å². The normalized spacial score (nSPS) is 13.3. The fourth-order valence-electron chi connectivity index (χ4n) is 1.45. The van der Waals surface area contributed by atoms with E-state index in [-0.39, 0.29) is 12.2 Å². The van der Waals surface area contributed by atoms with Gasteiger partial charge in [-0.25, -0.2) is 9.18 Å². The Morgan fingerprint density at radius 2 is 1.85 bits per heavy atom. The molecule has 0 bridgehead atoms. The molecule has 1 aromatic carbocycles. The first kappa shape index (κ1) is 16.0. The van der Waals surface area contributed by atoms with Gasteiger partial charge >= 0.3 is 5.97 Å². The molecule has 1 aromatic rings. The van der Waals surface area contributed by atoms with Gasteiger partial charge in [-0.05, 0) is 38.1 Å². The Balaban J connectivity index is 2.59. The second-order valence-corrected chi connectivity index (χ2v) is 4.21. The lowest BCUT2D eigenvalue weighted by molar-refractivity contribution is -0.157. The summed E-state index contributed by atoms with van der Waals surface area (Å²) in [5.41, 5.74) is 0.284. The summed E-state index contributed by atoms with van der Waals surface area (Å²) in [7, 11) is 0. The molecule has 0 fully saturated rings. The summed E-state index contributed by atoms with van der Waals surface area (Å²) in [4.78, 5) is 23.6. The average molecular weight is 280 g/mol. The van der Waals surface area contributed by atoms with Crippen molar-refractivity contribution >= 4 is 11.8 Å². The summed E-state index contributed by atoms with van der Waals surface area (Å²) in [5.74, 6) is -1.46. The molecule has 2 atom stereocenters. The van der Waals surface area contributed by atoms with E-state index in [2.05, 4.69) is 6.58 Å². The number of esters is 1. The van der Waals surface area contributed by atoms with Gasteiger partial charge < -0.3 is 9.47 Å². The summed E-state index contributed by atoms with van der Waals surface area (Å²) in [5, 5.41) is 0. The molecule has 0 aliphatic carbocycles. The molecule has 0 spiro atoms.